The Kier molecular flexibility index (Phi) is 12.6. The Bertz CT molecular complexity index is 1860. The molecule has 4 aliphatic rings. The summed E-state index contributed by atoms with van der Waals surface area (Å²) in [6.07, 6.45) is 10.6. The van der Waals surface area contributed by atoms with Crippen LogP contribution in [0, 0.1) is 16.2 Å². The van der Waals surface area contributed by atoms with Crippen molar-refractivity contribution in [2.24, 2.45) is 22.0 Å². The van der Waals surface area contributed by atoms with Crippen LogP contribution in [0.2, 0.25) is 0 Å². The van der Waals surface area contributed by atoms with E-state index < -0.39 is 5.54 Å². The predicted molar refractivity (Wildman–Crippen MR) is 217 cm³/mol. The van der Waals surface area contributed by atoms with E-state index in [1.807, 2.05) is 19.1 Å². The maximum atomic E-state index is 13.3. The molecule has 12 nitrogen and oxygen atoms in total. The maximum Gasteiger partial charge on any atom is 0.220 e. The smallest absolute Gasteiger partial charge is 0.220 e. The van der Waals surface area contributed by atoms with E-state index in [1.54, 1.807) is 18.2 Å². The van der Waals surface area contributed by atoms with Gasteiger partial charge in [-0.1, -0.05) is 31.2 Å². The number of rotatable bonds is 19. The Hall–Kier alpha value is -4.97. The number of phenols is 5. The summed E-state index contributed by atoms with van der Waals surface area (Å²) >= 11 is 0. The molecule has 2 unspecified atom stereocenters. The molecule has 12 heteroatoms. The molecule has 0 radical (unpaired) electrons. The number of benzene rings is 3. The number of aryl methyl sites for hydroxylation is 1. The highest BCUT2D eigenvalue weighted by Gasteiger charge is 2.66. The summed E-state index contributed by atoms with van der Waals surface area (Å²) in [6, 6.07) is 15.0. The lowest BCUT2D eigenvalue weighted by molar-refractivity contribution is -0.179. The molecule has 7 rings (SSSR count). The molecule has 10 N–H and O–H groups in total. The molecule has 4 aliphatic carbocycles. The van der Waals surface area contributed by atoms with E-state index in [0.29, 0.717) is 77.4 Å². The SMILES string of the molecule is CCc1ccc(CCNC(=O)CCC23CC4(N)CC(CCC(=O)NCCc5ccc(O)c(O)c5)(CC(CCC(=O)NCCc5ccc(O)c(O)c5)(C4)C2)C3)cc1O. The van der Waals surface area contributed by atoms with Crippen molar-refractivity contribution in [1.29, 1.82) is 0 Å². The molecule has 0 spiro atoms. The van der Waals surface area contributed by atoms with Crippen LogP contribution in [0.4, 0.5) is 0 Å². The van der Waals surface area contributed by atoms with Crippen LogP contribution in [-0.4, -0.2) is 68.4 Å². The number of aromatic hydroxyl groups is 5. The van der Waals surface area contributed by atoms with E-state index in [0.717, 1.165) is 67.2 Å². The third-order valence-electron chi connectivity index (χ3n) is 12.9. The van der Waals surface area contributed by atoms with Gasteiger partial charge < -0.3 is 47.2 Å². The molecule has 0 heterocycles. The monoisotopic (exact) mass is 784 g/mol. The second kappa shape index (κ2) is 17.3. The van der Waals surface area contributed by atoms with Crippen molar-refractivity contribution in [2.75, 3.05) is 19.6 Å². The molecule has 3 amide bonds. The van der Waals surface area contributed by atoms with Gasteiger partial charge in [0.05, 0.1) is 0 Å². The first-order chi connectivity index (χ1) is 27.1. The van der Waals surface area contributed by atoms with Crippen LogP contribution < -0.4 is 21.7 Å². The van der Waals surface area contributed by atoms with Crippen molar-refractivity contribution in [3.8, 4) is 28.7 Å². The lowest BCUT2D eigenvalue weighted by atomic mass is 9.36. The minimum atomic E-state index is -0.452. The number of hydrogen-bond acceptors (Lipinski definition) is 9. The largest absolute Gasteiger partial charge is 0.508 e. The molecule has 3 aromatic rings. The van der Waals surface area contributed by atoms with Gasteiger partial charge in [0.2, 0.25) is 17.7 Å². The minimum absolute atomic E-state index is 0.0167. The summed E-state index contributed by atoms with van der Waals surface area (Å²) in [4.78, 5) is 39.8. The van der Waals surface area contributed by atoms with Gasteiger partial charge in [0, 0.05) is 44.4 Å². The average Bonchev–Trinajstić information content (AvgIpc) is 3.14. The first kappa shape index (κ1) is 41.7. The Morgan fingerprint density at radius 2 is 0.877 bits per heavy atom. The van der Waals surface area contributed by atoms with Gasteiger partial charge in [0.1, 0.15) is 5.75 Å². The van der Waals surface area contributed by atoms with Crippen molar-refractivity contribution in [1.82, 2.24) is 16.0 Å². The summed E-state index contributed by atoms with van der Waals surface area (Å²) in [6.45, 7) is 3.26. The minimum Gasteiger partial charge on any atom is -0.508 e. The molecule has 4 saturated carbocycles. The van der Waals surface area contributed by atoms with E-state index in [1.165, 1.54) is 24.3 Å². The molecule has 308 valence electrons. The van der Waals surface area contributed by atoms with Gasteiger partial charge in [-0.15, -0.1) is 0 Å². The van der Waals surface area contributed by atoms with Crippen molar-refractivity contribution >= 4 is 17.7 Å². The fraction of sp³-hybridized carbons (Fsp3) is 0.533. The lowest BCUT2D eigenvalue weighted by Crippen LogP contribution is -2.67. The van der Waals surface area contributed by atoms with Crippen LogP contribution in [0.25, 0.3) is 0 Å². The highest BCUT2D eigenvalue weighted by Crippen LogP contribution is 2.73. The summed E-state index contributed by atoms with van der Waals surface area (Å²) in [5.41, 5.74) is 9.76. The number of carbonyl (C=O) groups is 3. The lowest BCUT2D eigenvalue weighted by Gasteiger charge is -2.70. The van der Waals surface area contributed by atoms with E-state index in [9.17, 15) is 39.9 Å². The zero-order valence-corrected chi connectivity index (χ0v) is 33.2. The molecule has 0 saturated heterocycles. The number of nitrogens with one attached hydrogen (secondary N) is 3. The van der Waals surface area contributed by atoms with Crippen LogP contribution in [0.3, 0.4) is 0 Å². The highest BCUT2D eigenvalue weighted by molar-refractivity contribution is 5.77. The quantitative estimate of drug-likeness (QED) is 0.0698. The van der Waals surface area contributed by atoms with Gasteiger partial charge >= 0.3 is 0 Å². The van der Waals surface area contributed by atoms with Crippen LogP contribution in [-0.2, 0) is 40.1 Å². The zero-order chi connectivity index (χ0) is 40.8. The molecular weight excluding hydrogens is 725 g/mol. The van der Waals surface area contributed by atoms with E-state index in [2.05, 4.69) is 16.0 Å². The van der Waals surface area contributed by atoms with Gasteiger partial charge in [-0.2, -0.15) is 0 Å². The van der Waals surface area contributed by atoms with Crippen molar-refractivity contribution in [3.63, 3.8) is 0 Å². The molecular formula is C45H60N4O8. The summed E-state index contributed by atoms with van der Waals surface area (Å²) in [5, 5.41) is 58.3. The molecule has 57 heavy (non-hydrogen) atoms. The molecule has 4 bridgehead atoms. The van der Waals surface area contributed by atoms with Gasteiger partial charge in [-0.25, -0.2) is 0 Å². The van der Waals surface area contributed by atoms with Gasteiger partial charge in [-0.3, -0.25) is 14.4 Å². The maximum absolute atomic E-state index is 13.3. The first-order valence-electron chi connectivity index (χ1n) is 20.5. The van der Waals surface area contributed by atoms with Gasteiger partial charge in [0.25, 0.3) is 0 Å². The molecule has 4 fully saturated rings. The predicted octanol–water partition coefficient (Wildman–Crippen LogP) is 5.53. The Morgan fingerprint density at radius 1 is 0.526 bits per heavy atom. The number of amides is 3. The third kappa shape index (κ3) is 10.5. The second-order valence-corrected chi connectivity index (χ2v) is 17.7. The van der Waals surface area contributed by atoms with Crippen LogP contribution in [0.5, 0.6) is 28.7 Å². The standard InChI is InChI=1S/C45H60N4O8/c1-2-33-6-3-30(21-36(33)52)12-18-47-39(55)9-15-42-24-43(16-10-40(56)48-19-13-31-4-7-34(50)37(53)22-31)26-44(25-42,29-45(46,27-42)28-43)17-11-41(57)49-20-14-32-5-8-35(51)38(54)23-32/h3-8,21-23,50-54H,2,9-20,24-29,46H2,1H3,(H,47,55)(H,48,56)(H,49,57). The Labute approximate surface area is 335 Å². The van der Waals surface area contributed by atoms with Crippen molar-refractivity contribution in [3.05, 3.63) is 76.9 Å². The van der Waals surface area contributed by atoms with Crippen LogP contribution in [0.1, 0.15) is 106 Å². The van der Waals surface area contributed by atoms with Crippen molar-refractivity contribution < 1.29 is 39.9 Å². The number of nitrogens with two attached hydrogens (primary N) is 1. The Balaban J connectivity index is 1.08. The van der Waals surface area contributed by atoms with Crippen LogP contribution in [0.15, 0.2) is 54.6 Å². The van der Waals surface area contributed by atoms with E-state index in [4.69, 9.17) is 5.73 Å². The van der Waals surface area contributed by atoms with Crippen molar-refractivity contribution in [2.45, 2.75) is 115 Å². The van der Waals surface area contributed by atoms with Crippen LogP contribution >= 0.6 is 0 Å². The fourth-order valence-corrected chi connectivity index (χ4v) is 11.1. The second-order valence-electron chi connectivity index (χ2n) is 17.7. The highest BCUT2D eigenvalue weighted by atomic mass is 16.3. The summed E-state index contributed by atoms with van der Waals surface area (Å²) in [5.74, 6) is -0.598. The summed E-state index contributed by atoms with van der Waals surface area (Å²) in [7, 11) is 0. The molecule has 0 aliphatic heterocycles. The number of hydrogen-bond donors (Lipinski definition) is 9. The topological polar surface area (TPSA) is 214 Å². The fourth-order valence-electron chi connectivity index (χ4n) is 11.1. The molecule has 3 aromatic carbocycles. The van der Waals surface area contributed by atoms with E-state index >= 15 is 0 Å². The van der Waals surface area contributed by atoms with Gasteiger partial charge in [0.15, 0.2) is 23.0 Å². The number of carbonyl (C=O) groups excluding carboxylic acids is 3. The first-order valence-corrected chi connectivity index (χ1v) is 20.5. The number of phenolic OH excluding ortho intramolecular Hbond substituents is 5. The van der Waals surface area contributed by atoms with E-state index in [-0.39, 0.29) is 62.7 Å². The zero-order valence-electron chi connectivity index (χ0n) is 33.2. The Morgan fingerprint density at radius 3 is 1.21 bits per heavy atom. The average molecular weight is 785 g/mol. The third-order valence-corrected chi connectivity index (χ3v) is 12.9. The molecule has 2 atom stereocenters. The summed E-state index contributed by atoms with van der Waals surface area (Å²) < 4.78 is 0. The normalized spacial score (nSPS) is 24.6. The molecule has 0 aromatic heterocycles. The van der Waals surface area contributed by atoms with Gasteiger partial charge in [-0.05, 0) is 152 Å².